The van der Waals surface area contributed by atoms with Crippen LogP contribution in [0.4, 0.5) is 11.5 Å². The van der Waals surface area contributed by atoms with Gasteiger partial charge in [0, 0.05) is 24.9 Å². The average Bonchev–Trinajstić information content (AvgIpc) is 3.28. The minimum Gasteiger partial charge on any atom is -0.548 e. The predicted molar refractivity (Wildman–Crippen MR) is 115 cm³/mol. The van der Waals surface area contributed by atoms with Gasteiger partial charge in [0.05, 0.1) is 24.1 Å². The van der Waals surface area contributed by atoms with E-state index in [1.54, 1.807) is 20.4 Å². The number of aromatic amines is 1. The molecule has 3 N–H and O–H groups in total. The first kappa shape index (κ1) is 21.9. The molecule has 11 heteroatoms. The number of H-pyrrole nitrogens is 1. The van der Waals surface area contributed by atoms with Crippen LogP contribution in [0.3, 0.4) is 0 Å². The predicted octanol–water partition coefficient (Wildman–Crippen LogP) is 1.31. The molecule has 2 aromatic rings. The second-order valence-corrected chi connectivity index (χ2v) is 8.43. The van der Waals surface area contributed by atoms with Crippen LogP contribution >= 0.6 is 11.1 Å². The summed E-state index contributed by atoms with van der Waals surface area (Å²) in [5, 5.41) is 13.5. The molecular weight excluding hydrogens is 405 g/mol. The lowest BCUT2D eigenvalue weighted by molar-refractivity contribution is 0.0826. The number of benzene rings is 1. The fraction of sp³-hybridized carbons (Fsp3) is 0.421. The van der Waals surface area contributed by atoms with Gasteiger partial charge in [-0.2, -0.15) is 0 Å². The van der Waals surface area contributed by atoms with Crippen LogP contribution in [0.5, 0.6) is 5.75 Å². The number of nitrogens with zero attached hydrogens (tertiary/aromatic N) is 3. The molecule has 0 saturated heterocycles. The second-order valence-electron chi connectivity index (χ2n) is 7.54. The zero-order valence-electron chi connectivity index (χ0n) is 17.3. The van der Waals surface area contributed by atoms with E-state index < -0.39 is 17.0 Å². The molecule has 2 heterocycles. The normalized spacial score (nSPS) is 17.1. The van der Waals surface area contributed by atoms with Gasteiger partial charge in [-0.05, 0) is 17.6 Å². The molecule has 1 aromatic carbocycles. The highest BCUT2D eigenvalue weighted by molar-refractivity contribution is 7.13. The van der Waals surface area contributed by atoms with E-state index in [9.17, 15) is 14.5 Å². The van der Waals surface area contributed by atoms with Crippen LogP contribution < -0.4 is 16.3 Å². The van der Waals surface area contributed by atoms with Gasteiger partial charge in [0.2, 0.25) is 11.3 Å². The molecule has 0 aliphatic carbocycles. The fourth-order valence-electron chi connectivity index (χ4n) is 2.97. The summed E-state index contributed by atoms with van der Waals surface area (Å²) in [7, 11) is 8.99. The second kappa shape index (κ2) is 8.92. The zero-order chi connectivity index (χ0) is 22.0. The molecule has 0 bridgehead atoms. The van der Waals surface area contributed by atoms with E-state index in [1.807, 2.05) is 0 Å². The standard InChI is InChI=1S/C19H24BN5O4S/c1-10(2)11-7-12(29-9-11)8-21-17-18(24-30(28)23-17)22-14-6-5-13(20)15(16(14)26)19(27)25(3)4/h5-6,9-10,12,26H,7-8H2,1-4H3,(H,21,23)(H,22,24). The summed E-state index contributed by atoms with van der Waals surface area (Å²) in [4.78, 5) is 18.1. The number of rotatable bonds is 6. The van der Waals surface area contributed by atoms with Gasteiger partial charge in [-0.25, -0.2) is 0 Å². The number of hydrogen-bond acceptors (Lipinski definition) is 7. The Morgan fingerprint density at radius 2 is 2.27 bits per heavy atom. The third kappa shape index (κ3) is 4.68. The Balaban J connectivity index is 1.84. The van der Waals surface area contributed by atoms with Gasteiger partial charge in [0.25, 0.3) is 5.91 Å². The van der Waals surface area contributed by atoms with Crippen LogP contribution in [-0.4, -0.2) is 63.8 Å². The topological polar surface area (TPSA) is 126 Å². The first-order valence-corrected chi connectivity index (χ1v) is 10.5. The Kier molecular flexibility index (Phi) is 6.52. The third-order valence-electron chi connectivity index (χ3n) is 4.74. The number of hydrogen-bond donors (Lipinski definition) is 3. The minimum atomic E-state index is -1.70. The molecule has 0 fully saturated rings. The van der Waals surface area contributed by atoms with Crippen molar-refractivity contribution in [3.63, 3.8) is 0 Å². The van der Waals surface area contributed by atoms with E-state index in [0.717, 1.165) is 6.42 Å². The average molecular weight is 429 g/mol. The Labute approximate surface area is 179 Å². The number of nitrogens with one attached hydrogen (secondary N) is 2. The van der Waals surface area contributed by atoms with Gasteiger partial charge in [0.15, 0.2) is 16.9 Å². The van der Waals surface area contributed by atoms with Crippen LogP contribution in [0, 0.1) is 5.92 Å². The first-order valence-electron chi connectivity index (χ1n) is 9.44. The van der Waals surface area contributed by atoms with Crippen molar-refractivity contribution < 1.29 is 19.2 Å². The summed E-state index contributed by atoms with van der Waals surface area (Å²) in [5.41, 5.74) is 1.82. The number of carbonyl (C=O) groups is 1. The lowest BCUT2D eigenvalue weighted by Gasteiger charge is -2.16. The number of ether oxygens (including phenoxy) is 1. The Hall–Kier alpha value is -2.79. The number of carbonyl (C=O) groups excluding carboxylic acids is 1. The highest BCUT2D eigenvalue weighted by Gasteiger charge is 2.22. The number of anilines is 2. The Bertz CT molecular complexity index is 1040. The summed E-state index contributed by atoms with van der Waals surface area (Å²) in [6.45, 7) is 4.56. The third-order valence-corrected chi connectivity index (χ3v) is 5.45. The van der Waals surface area contributed by atoms with Crippen LogP contribution in [0.1, 0.15) is 30.6 Å². The maximum atomic E-state index is 12.3. The molecule has 9 nitrogen and oxygen atoms in total. The monoisotopic (exact) mass is 429 g/mol. The highest BCUT2D eigenvalue weighted by Crippen LogP contribution is 2.29. The molecule has 2 unspecified atom stereocenters. The first-order chi connectivity index (χ1) is 14.2. The number of phenols is 1. The van der Waals surface area contributed by atoms with Gasteiger partial charge >= 0.3 is 0 Å². The quantitative estimate of drug-likeness (QED) is 0.361. The Morgan fingerprint density at radius 3 is 2.90 bits per heavy atom. The SMILES string of the molecule is [B]c1ccc(Nc2n[s+]([O-])[nH]c2=NCC2CC(C(C)C)=CO2)c(O)c1C(=O)N(C)C. The summed E-state index contributed by atoms with van der Waals surface area (Å²) in [6.07, 6.45) is 2.46. The molecule has 158 valence electrons. The number of aromatic nitrogens is 2. The molecule has 0 spiro atoms. The fourth-order valence-corrected chi connectivity index (χ4v) is 3.64. The summed E-state index contributed by atoms with van der Waals surface area (Å²) < 4.78 is 24.2. The van der Waals surface area contributed by atoms with Crippen molar-refractivity contribution in [3.05, 3.63) is 35.0 Å². The van der Waals surface area contributed by atoms with Crippen molar-refractivity contribution in [1.82, 2.24) is 13.6 Å². The molecular formula is C19H24BN5O4S. The zero-order valence-corrected chi connectivity index (χ0v) is 18.1. The van der Waals surface area contributed by atoms with Crippen molar-refractivity contribution in [3.8, 4) is 5.75 Å². The van der Waals surface area contributed by atoms with E-state index in [1.165, 1.54) is 22.6 Å². The van der Waals surface area contributed by atoms with Crippen molar-refractivity contribution >= 4 is 41.9 Å². The minimum absolute atomic E-state index is 0.0252. The molecule has 2 radical (unpaired) electrons. The van der Waals surface area contributed by atoms with E-state index in [2.05, 4.69) is 32.9 Å². The van der Waals surface area contributed by atoms with Gasteiger partial charge in [-0.1, -0.05) is 25.4 Å². The van der Waals surface area contributed by atoms with Crippen molar-refractivity contribution in [2.45, 2.75) is 26.4 Å². The molecule has 1 aliphatic rings. The van der Waals surface area contributed by atoms with Crippen LogP contribution in [0.15, 0.2) is 29.0 Å². The molecule has 1 aromatic heterocycles. The largest absolute Gasteiger partial charge is 0.548 e. The number of aromatic hydroxyl groups is 1. The molecule has 3 rings (SSSR count). The molecule has 1 amide bonds. The Morgan fingerprint density at radius 1 is 1.53 bits per heavy atom. The highest BCUT2D eigenvalue weighted by atomic mass is 32.2. The van der Waals surface area contributed by atoms with Gasteiger partial charge in [-0.15, -0.1) is 4.37 Å². The molecule has 30 heavy (non-hydrogen) atoms. The van der Waals surface area contributed by atoms with E-state index in [0.29, 0.717) is 12.5 Å². The van der Waals surface area contributed by atoms with E-state index >= 15 is 0 Å². The lowest BCUT2D eigenvalue weighted by Crippen LogP contribution is -2.28. The molecule has 1 aliphatic heterocycles. The van der Waals surface area contributed by atoms with Crippen LogP contribution in [-0.2, 0) is 4.74 Å². The van der Waals surface area contributed by atoms with Crippen molar-refractivity contribution in [2.75, 3.05) is 26.0 Å². The van der Waals surface area contributed by atoms with Gasteiger partial charge in [0.1, 0.15) is 14.0 Å². The maximum Gasteiger partial charge on any atom is 0.256 e. The van der Waals surface area contributed by atoms with Gasteiger partial charge in [-0.3, -0.25) is 9.79 Å². The van der Waals surface area contributed by atoms with E-state index in [-0.39, 0.29) is 39.9 Å². The van der Waals surface area contributed by atoms with Crippen molar-refractivity contribution in [1.29, 1.82) is 0 Å². The van der Waals surface area contributed by atoms with Gasteiger partial charge < -0.3 is 24.6 Å². The molecule has 2 atom stereocenters. The van der Waals surface area contributed by atoms with Crippen LogP contribution in [0.2, 0.25) is 0 Å². The maximum absolute atomic E-state index is 12.3. The smallest absolute Gasteiger partial charge is 0.256 e. The summed E-state index contributed by atoms with van der Waals surface area (Å²) in [6, 6.07) is 3.01. The van der Waals surface area contributed by atoms with Crippen molar-refractivity contribution in [2.24, 2.45) is 10.9 Å². The molecule has 0 saturated carbocycles. The summed E-state index contributed by atoms with van der Waals surface area (Å²) in [5.74, 6) is -0.166. The summed E-state index contributed by atoms with van der Waals surface area (Å²) >= 11 is -1.70. The lowest BCUT2D eigenvalue weighted by atomic mass is 9.88. The number of amides is 1. The van der Waals surface area contributed by atoms with E-state index in [4.69, 9.17) is 12.6 Å². The van der Waals surface area contributed by atoms with Crippen LogP contribution in [0.25, 0.3) is 0 Å². The number of phenolic OH excluding ortho intramolecular Hbond substituents is 1.